The third-order valence-electron chi connectivity index (χ3n) is 4.71. The molecule has 0 unspecified atom stereocenters. The summed E-state index contributed by atoms with van der Waals surface area (Å²) in [6, 6.07) is 4.99. The molecule has 2 fully saturated rings. The number of ether oxygens (including phenoxy) is 1. The molecule has 2 saturated heterocycles. The normalized spacial score (nSPS) is 23.5. The van der Waals surface area contributed by atoms with E-state index in [1.165, 1.54) is 6.07 Å². The number of anilines is 1. The summed E-state index contributed by atoms with van der Waals surface area (Å²) in [4.78, 5) is 16.7. The molecule has 0 radical (unpaired) electrons. The Bertz CT molecular complexity index is 584. The molecule has 0 saturated carbocycles. The number of hydrogen-bond acceptors (Lipinski definition) is 4. The lowest BCUT2D eigenvalue weighted by Gasteiger charge is -2.31. The zero-order valence-electron chi connectivity index (χ0n) is 14.3. The fraction of sp³-hybridized carbons (Fsp3) is 0.611. The van der Waals surface area contributed by atoms with Gasteiger partial charge in [0.1, 0.15) is 5.82 Å². The summed E-state index contributed by atoms with van der Waals surface area (Å²) >= 11 is 1.88. The van der Waals surface area contributed by atoms with Crippen molar-refractivity contribution in [1.82, 2.24) is 4.90 Å². The monoisotopic (exact) mass is 352 g/mol. The van der Waals surface area contributed by atoms with Crippen molar-refractivity contribution in [2.24, 2.45) is 0 Å². The van der Waals surface area contributed by atoms with Crippen LogP contribution in [0.3, 0.4) is 0 Å². The number of benzene rings is 1. The van der Waals surface area contributed by atoms with Crippen LogP contribution in [0, 0.1) is 5.82 Å². The third-order valence-corrected chi connectivity index (χ3v) is 5.85. The highest BCUT2D eigenvalue weighted by Crippen LogP contribution is 2.27. The predicted octanol–water partition coefficient (Wildman–Crippen LogP) is 3.02. The Morgan fingerprint density at radius 1 is 1.38 bits per heavy atom. The van der Waals surface area contributed by atoms with Gasteiger partial charge in [0, 0.05) is 44.6 Å². The van der Waals surface area contributed by atoms with E-state index in [9.17, 15) is 9.18 Å². The molecule has 1 amide bonds. The number of halogens is 1. The molecule has 2 aliphatic heterocycles. The lowest BCUT2D eigenvalue weighted by molar-refractivity contribution is 0.0441. The van der Waals surface area contributed by atoms with E-state index < -0.39 is 0 Å². The molecule has 24 heavy (non-hydrogen) atoms. The van der Waals surface area contributed by atoms with Crippen LogP contribution in [-0.4, -0.2) is 61.7 Å². The summed E-state index contributed by atoms with van der Waals surface area (Å²) in [5, 5.41) is 0. The van der Waals surface area contributed by atoms with Gasteiger partial charge in [-0.3, -0.25) is 4.79 Å². The van der Waals surface area contributed by atoms with E-state index in [1.54, 1.807) is 31.1 Å². The van der Waals surface area contributed by atoms with Crippen molar-refractivity contribution < 1.29 is 13.9 Å². The van der Waals surface area contributed by atoms with Gasteiger partial charge in [0.2, 0.25) is 0 Å². The summed E-state index contributed by atoms with van der Waals surface area (Å²) < 4.78 is 20.0. The Labute approximate surface area is 147 Å². The number of carbonyl (C=O) groups excluding carboxylic acids is 1. The van der Waals surface area contributed by atoms with Crippen molar-refractivity contribution in [3.8, 4) is 0 Å². The molecule has 0 bridgehead atoms. The molecule has 4 nitrogen and oxygen atoms in total. The van der Waals surface area contributed by atoms with E-state index in [1.807, 2.05) is 16.7 Å². The Morgan fingerprint density at radius 3 is 2.79 bits per heavy atom. The molecular weight excluding hydrogens is 327 g/mol. The first-order valence-electron chi connectivity index (χ1n) is 8.53. The van der Waals surface area contributed by atoms with Crippen LogP contribution in [0.1, 0.15) is 29.6 Å². The second kappa shape index (κ2) is 7.74. The highest BCUT2D eigenvalue weighted by molar-refractivity contribution is 7.99. The molecule has 132 valence electrons. The zero-order chi connectivity index (χ0) is 17.1. The van der Waals surface area contributed by atoms with Crippen LogP contribution in [0.2, 0.25) is 0 Å². The highest BCUT2D eigenvalue weighted by atomic mass is 32.2. The molecule has 3 rings (SSSR count). The van der Waals surface area contributed by atoms with Crippen LogP contribution in [0.4, 0.5) is 10.1 Å². The lowest BCUT2D eigenvalue weighted by Crippen LogP contribution is -2.44. The smallest absolute Gasteiger partial charge is 0.254 e. The van der Waals surface area contributed by atoms with E-state index in [0.29, 0.717) is 17.8 Å². The summed E-state index contributed by atoms with van der Waals surface area (Å²) in [5.74, 6) is 1.59. The lowest BCUT2D eigenvalue weighted by atomic mass is 10.1. The van der Waals surface area contributed by atoms with Gasteiger partial charge in [0.25, 0.3) is 5.91 Å². The van der Waals surface area contributed by atoms with Crippen LogP contribution < -0.4 is 4.90 Å². The zero-order valence-corrected chi connectivity index (χ0v) is 15.2. The van der Waals surface area contributed by atoms with Crippen molar-refractivity contribution in [1.29, 1.82) is 0 Å². The quantitative estimate of drug-likeness (QED) is 0.816. The molecule has 2 aliphatic rings. The molecular formula is C18H25FN2O2S. The Balaban J connectivity index is 1.80. The Morgan fingerprint density at radius 2 is 2.21 bits per heavy atom. The topological polar surface area (TPSA) is 32.8 Å². The summed E-state index contributed by atoms with van der Waals surface area (Å²) in [6.45, 7) is 1.39. The number of hydrogen-bond donors (Lipinski definition) is 0. The fourth-order valence-electron chi connectivity index (χ4n) is 3.34. The van der Waals surface area contributed by atoms with E-state index in [0.717, 1.165) is 37.4 Å². The van der Waals surface area contributed by atoms with Gasteiger partial charge in [-0.2, -0.15) is 11.8 Å². The molecule has 6 heteroatoms. The van der Waals surface area contributed by atoms with Crippen LogP contribution in [-0.2, 0) is 4.74 Å². The average Bonchev–Trinajstić information content (AvgIpc) is 3.25. The first-order chi connectivity index (χ1) is 11.6. The molecule has 0 N–H and O–H groups in total. The van der Waals surface area contributed by atoms with Crippen molar-refractivity contribution in [2.75, 3.05) is 43.7 Å². The van der Waals surface area contributed by atoms with Crippen molar-refractivity contribution in [3.05, 3.63) is 29.6 Å². The van der Waals surface area contributed by atoms with E-state index in [4.69, 9.17) is 4.74 Å². The Kier molecular flexibility index (Phi) is 5.66. The number of nitrogens with zero attached hydrogens (tertiary/aromatic N) is 2. The first-order valence-corrected chi connectivity index (χ1v) is 9.69. The number of amides is 1. The van der Waals surface area contributed by atoms with Crippen molar-refractivity contribution in [3.63, 3.8) is 0 Å². The molecule has 0 aromatic heterocycles. The maximum atomic E-state index is 14.3. The summed E-state index contributed by atoms with van der Waals surface area (Å²) in [6.07, 6.45) is 3.17. The number of thioether (sulfide) groups is 1. The highest BCUT2D eigenvalue weighted by Gasteiger charge is 2.31. The van der Waals surface area contributed by atoms with Gasteiger partial charge in [0.05, 0.1) is 11.8 Å². The van der Waals surface area contributed by atoms with Gasteiger partial charge < -0.3 is 14.5 Å². The first kappa shape index (κ1) is 17.5. The fourth-order valence-corrected chi connectivity index (χ4v) is 4.57. The van der Waals surface area contributed by atoms with Crippen LogP contribution in [0.5, 0.6) is 0 Å². The third kappa shape index (κ3) is 3.86. The maximum absolute atomic E-state index is 14.3. The number of carbonyl (C=O) groups is 1. The summed E-state index contributed by atoms with van der Waals surface area (Å²) in [7, 11) is 3.58. The van der Waals surface area contributed by atoms with Crippen molar-refractivity contribution >= 4 is 23.4 Å². The second-order valence-electron chi connectivity index (χ2n) is 6.67. The Hall–Kier alpha value is -1.27. The summed E-state index contributed by atoms with van der Waals surface area (Å²) in [5.41, 5.74) is 0.918. The molecule has 0 spiro atoms. The van der Waals surface area contributed by atoms with Gasteiger partial charge >= 0.3 is 0 Å². The average molecular weight is 352 g/mol. The van der Waals surface area contributed by atoms with Gasteiger partial charge in [-0.15, -0.1) is 0 Å². The van der Waals surface area contributed by atoms with Gasteiger partial charge in [-0.05, 0) is 43.2 Å². The molecule has 0 aliphatic carbocycles. The van der Waals surface area contributed by atoms with Gasteiger partial charge in [-0.1, -0.05) is 0 Å². The largest absolute Gasteiger partial charge is 0.376 e. The SMILES string of the molecule is CN(C)c1ccc(C(=O)N(C[C@@H]2CCCO2)[C@@H]2CCSC2)cc1F. The molecule has 2 atom stereocenters. The standard InChI is InChI=1S/C18H25FN2O2S/c1-20(2)17-6-5-13(10-16(17)19)18(22)21(14-7-9-24-12-14)11-15-4-3-8-23-15/h5-6,10,14-15H,3-4,7-9,11-12H2,1-2H3/t14-,15+/m1/s1. The molecule has 1 aromatic carbocycles. The minimum atomic E-state index is -0.358. The van der Waals surface area contributed by atoms with Crippen molar-refractivity contribution in [2.45, 2.75) is 31.4 Å². The van der Waals surface area contributed by atoms with E-state index in [-0.39, 0.29) is 23.9 Å². The van der Waals surface area contributed by atoms with Crippen LogP contribution in [0.15, 0.2) is 18.2 Å². The maximum Gasteiger partial charge on any atom is 0.254 e. The second-order valence-corrected chi connectivity index (χ2v) is 7.82. The predicted molar refractivity (Wildman–Crippen MR) is 96.5 cm³/mol. The van der Waals surface area contributed by atoms with E-state index in [2.05, 4.69) is 0 Å². The molecule has 2 heterocycles. The van der Waals surface area contributed by atoms with Crippen LogP contribution in [0.25, 0.3) is 0 Å². The van der Waals surface area contributed by atoms with Crippen LogP contribution >= 0.6 is 11.8 Å². The minimum absolute atomic E-state index is 0.0813. The van der Waals surface area contributed by atoms with Gasteiger partial charge in [0.15, 0.2) is 0 Å². The number of rotatable bonds is 5. The molecule has 1 aromatic rings. The van der Waals surface area contributed by atoms with E-state index >= 15 is 0 Å². The van der Waals surface area contributed by atoms with Gasteiger partial charge in [-0.25, -0.2) is 4.39 Å². The minimum Gasteiger partial charge on any atom is -0.376 e.